The van der Waals surface area contributed by atoms with Gasteiger partial charge in [0.1, 0.15) is 17.6 Å². The Morgan fingerprint density at radius 2 is 1.83 bits per heavy atom. The highest BCUT2D eigenvalue weighted by Gasteiger charge is 2.32. The molecule has 30 heavy (non-hydrogen) atoms. The third kappa shape index (κ3) is 3.69. The van der Waals surface area contributed by atoms with Crippen LogP contribution in [0.2, 0.25) is 0 Å². The molecule has 3 aromatic rings. The molecule has 0 spiro atoms. The van der Waals surface area contributed by atoms with Gasteiger partial charge in [0, 0.05) is 19.7 Å². The fraction of sp³-hybridized carbons (Fsp3) is 0.174. The van der Waals surface area contributed by atoms with Gasteiger partial charge in [-0.05, 0) is 47.0 Å². The molecule has 2 amide bonds. The molecule has 0 radical (unpaired) electrons. The molecule has 1 aromatic heterocycles. The molecule has 1 atom stereocenters. The van der Waals surface area contributed by atoms with Crippen LogP contribution in [0.3, 0.4) is 0 Å². The Morgan fingerprint density at radius 1 is 1.07 bits per heavy atom. The molecular formula is C23H22N4O3. The van der Waals surface area contributed by atoms with E-state index in [2.05, 4.69) is 10.3 Å². The number of benzene rings is 2. The van der Waals surface area contributed by atoms with E-state index in [9.17, 15) is 9.59 Å². The number of anilines is 2. The molecule has 0 saturated heterocycles. The number of carbonyl (C=O) groups excluding carboxylic acids is 2. The van der Waals surface area contributed by atoms with E-state index in [1.165, 1.54) is 12.0 Å². The summed E-state index contributed by atoms with van der Waals surface area (Å²) in [5, 5.41) is 2.86. The number of likely N-dealkylation sites (N-methyl/N-ethyl adjacent to an activating group) is 1. The zero-order valence-electron chi connectivity index (χ0n) is 16.8. The van der Waals surface area contributed by atoms with Gasteiger partial charge in [0.15, 0.2) is 0 Å². The van der Waals surface area contributed by atoms with Crippen LogP contribution in [0.1, 0.15) is 15.9 Å². The van der Waals surface area contributed by atoms with Crippen molar-refractivity contribution in [3.05, 3.63) is 71.9 Å². The Labute approximate surface area is 174 Å². The number of nitrogens with two attached hydrogens (primary N) is 1. The van der Waals surface area contributed by atoms with E-state index in [0.29, 0.717) is 29.2 Å². The number of hydrogen-bond acceptors (Lipinski definition) is 5. The van der Waals surface area contributed by atoms with Crippen LogP contribution in [0.5, 0.6) is 5.75 Å². The van der Waals surface area contributed by atoms with E-state index in [1.807, 2.05) is 36.4 Å². The van der Waals surface area contributed by atoms with Crippen molar-refractivity contribution in [1.82, 2.24) is 10.3 Å². The van der Waals surface area contributed by atoms with E-state index in [0.717, 1.165) is 16.7 Å². The standard InChI is InChI=1S/C23H22N4O3/c1-27-20-8-7-17(30-2)13-18(20)22(28)26-19(23(27)29)11-14-3-5-15(6-4-14)16-9-10-25-21(24)12-16/h3-10,12-13,19H,11H2,1-2H3,(H2,24,25)(H,26,28)/t19-/m0/s1. The van der Waals surface area contributed by atoms with Crippen LogP contribution in [0.4, 0.5) is 11.5 Å². The quantitative estimate of drug-likeness (QED) is 0.699. The molecule has 7 nitrogen and oxygen atoms in total. The van der Waals surface area contributed by atoms with Gasteiger partial charge in [0.05, 0.1) is 18.4 Å². The van der Waals surface area contributed by atoms with Gasteiger partial charge in [-0.15, -0.1) is 0 Å². The van der Waals surface area contributed by atoms with Gasteiger partial charge in [0.2, 0.25) is 5.91 Å². The normalized spacial score (nSPS) is 15.9. The number of pyridine rings is 1. The van der Waals surface area contributed by atoms with E-state index < -0.39 is 6.04 Å². The minimum absolute atomic E-state index is 0.168. The first-order valence-corrected chi connectivity index (χ1v) is 9.53. The van der Waals surface area contributed by atoms with Crippen LogP contribution in [-0.4, -0.2) is 37.0 Å². The predicted octanol–water partition coefficient (Wildman–Crippen LogP) is 2.66. The molecule has 0 saturated carbocycles. The fourth-order valence-electron chi connectivity index (χ4n) is 3.60. The highest BCUT2D eigenvalue weighted by molar-refractivity contribution is 6.11. The van der Waals surface area contributed by atoms with Crippen molar-refractivity contribution in [3.63, 3.8) is 0 Å². The fourth-order valence-corrected chi connectivity index (χ4v) is 3.60. The molecule has 3 N–H and O–H groups in total. The molecule has 0 aliphatic carbocycles. The average Bonchev–Trinajstić information content (AvgIpc) is 2.85. The molecule has 0 unspecified atom stereocenters. The first-order chi connectivity index (χ1) is 14.5. The third-order valence-corrected chi connectivity index (χ3v) is 5.25. The van der Waals surface area contributed by atoms with E-state index in [1.54, 1.807) is 31.4 Å². The van der Waals surface area contributed by atoms with E-state index >= 15 is 0 Å². The summed E-state index contributed by atoms with van der Waals surface area (Å²) in [5.74, 6) is 0.562. The minimum Gasteiger partial charge on any atom is -0.497 e. The number of methoxy groups -OCH3 is 1. The van der Waals surface area contributed by atoms with Crippen molar-refractivity contribution in [3.8, 4) is 16.9 Å². The largest absolute Gasteiger partial charge is 0.497 e. The lowest BCUT2D eigenvalue weighted by atomic mass is 10.0. The SMILES string of the molecule is COc1ccc2c(c1)C(=O)N[C@@H](Cc1ccc(-c3ccnc(N)c3)cc1)C(=O)N2C. The molecule has 4 rings (SSSR count). The first kappa shape index (κ1) is 19.4. The van der Waals surface area contributed by atoms with Crippen molar-refractivity contribution >= 4 is 23.3 Å². The summed E-state index contributed by atoms with van der Waals surface area (Å²) in [4.78, 5) is 31.3. The number of amides is 2. The lowest BCUT2D eigenvalue weighted by Crippen LogP contribution is -2.45. The third-order valence-electron chi connectivity index (χ3n) is 5.25. The molecule has 1 aliphatic rings. The first-order valence-electron chi connectivity index (χ1n) is 9.53. The summed E-state index contributed by atoms with van der Waals surface area (Å²) in [7, 11) is 3.22. The highest BCUT2D eigenvalue weighted by atomic mass is 16.5. The molecular weight excluding hydrogens is 380 g/mol. The second-order valence-electron chi connectivity index (χ2n) is 7.18. The number of nitrogens with zero attached hydrogens (tertiary/aromatic N) is 2. The van der Waals surface area contributed by atoms with Gasteiger partial charge in [-0.3, -0.25) is 9.59 Å². The molecule has 7 heteroatoms. The van der Waals surface area contributed by atoms with Gasteiger partial charge in [-0.25, -0.2) is 4.98 Å². The number of hydrogen-bond donors (Lipinski definition) is 2. The lowest BCUT2D eigenvalue weighted by molar-refractivity contribution is -0.120. The summed E-state index contributed by atoms with van der Waals surface area (Å²) in [5.41, 5.74) is 9.65. The number of aromatic nitrogens is 1. The van der Waals surface area contributed by atoms with Crippen LogP contribution in [-0.2, 0) is 11.2 Å². The van der Waals surface area contributed by atoms with E-state index in [4.69, 9.17) is 10.5 Å². The van der Waals surface area contributed by atoms with Crippen LogP contribution in [0, 0.1) is 0 Å². The van der Waals surface area contributed by atoms with Crippen molar-refractivity contribution < 1.29 is 14.3 Å². The lowest BCUT2D eigenvalue weighted by Gasteiger charge is -2.21. The molecule has 1 aliphatic heterocycles. The average molecular weight is 402 g/mol. The van der Waals surface area contributed by atoms with Crippen LogP contribution < -0.4 is 20.7 Å². The van der Waals surface area contributed by atoms with Crippen molar-refractivity contribution in [2.24, 2.45) is 0 Å². The number of nitrogens with one attached hydrogen (secondary N) is 1. The second kappa shape index (κ2) is 7.87. The van der Waals surface area contributed by atoms with E-state index in [-0.39, 0.29) is 11.8 Å². The Hall–Kier alpha value is -3.87. The number of ether oxygens (including phenoxy) is 1. The summed E-state index contributed by atoms with van der Waals surface area (Å²) in [6.45, 7) is 0. The summed E-state index contributed by atoms with van der Waals surface area (Å²) >= 11 is 0. The molecule has 0 fully saturated rings. The number of rotatable bonds is 4. The number of fused-ring (bicyclic) bond motifs is 1. The molecule has 0 bridgehead atoms. The van der Waals surface area contributed by atoms with Gasteiger partial charge in [0.25, 0.3) is 5.91 Å². The maximum Gasteiger partial charge on any atom is 0.254 e. The second-order valence-corrected chi connectivity index (χ2v) is 7.18. The van der Waals surface area contributed by atoms with Crippen molar-refractivity contribution in [1.29, 1.82) is 0 Å². The number of carbonyl (C=O) groups is 2. The number of nitrogen functional groups attached to an aromatic ring is 1. The van der Waals surface area contributed by atoms with Crippen LogP contribution in [0.15, 0.2) is 60.8 Å². The van der Waals surface area contributed by atoms with Gasteiger partial charge >= 0.3 is 0 Å². The Kier molecular flexibility index (Phi) is 5.10. The van der Waals surface area contributed by atoms with Crippen molar-refractivity contribution in [2.75, 3.05) is 24.8 Å². The Balaban J connectivity index is 1.56. The summed E-state index contributed by atoms with van der Waals surface area (Å²) < 4.78 is 5.21. The molecule has 152 valence electrons. The molecule has 2 heterocycles. The van der Waals surface area contributed by atoms with Gasteiger partial charge < -0.3 is 20.7 Å². The Morgan fingerprint density at radius 3 is 2.53 bits per heavy atom. The van der Waals surface area contributed by atoms with Gasteiger partial charge in [-0.1, -0.05) is 24.3 Å². The highest BCUT2D eigenvalue weighted by Crippen LogP contribution is 2.28. The zero-order chi connectivity index (χ0) is 21.3. The topological polar surface area (TPSA) is 97.5 Å². The summed E-state index contributed by atoms with van der Waals surface area (Å²) in [6.07, 6.45) is 2.06. The maximum atomic E-state index is 13.0. The summed E-state index contributed by atoms with van der Waals surface area (Å²) in [6, 6.07) is 16.0. The smallest absolute Gasteiger partial charge is 0.254 e. The van der Waals surface area contributed by atoms with Gasteiger partial charge in [-0.2, -0.15) is 0 Å². The molecule has 2 aromatic carbocycles. The maximum absolute atomic E-state index is 13.0. The zero-order valence-corrected chi connectivity index (χ0v) is 16.8. The van der Waals surface area contributed by atoms with Crippen LogP contribution >= 0.6 is 0 Å². The predicted molar refractivity (Wildman–Crippen MR) is 115 cm³/mol. The Bertz CT molecular complexity index is 1110. The monoisotopic (exact) mass is 402 g/mol. The minimum atomic E-state index is -0.664. The van der Waals surface area contributed by atoms with Crippen LogP contribution in [0.25, 0.3) is 11.1 Å². The van der Waals surface area contributed by atoms with Crippen molar-refractivity contribution in [2.45, 2.75) is 12.5 Å².